The smallest absolute Gasteiger partial charge is 0.290 e. The minimum absolute atomic E-state index is 0.0183. The van der Waals surface area contributed by atoms with Crippen molar-refractivity contribution in [3.8, 4) is 16.9 Å². The van der Waals surface area contributed by atoms with Crippen LogP contribution < -0.4 is 10.1 Å². The Balaban J connectivity index is 1.93. The molecule has 0 aromatic heterocycles. The molecule has 6 heteroatoms. The number of hydrogen-bond donors (Lipinski definition) is 1. The van der Waals surface area contributed by atoms with Gasteiger partial charge in [-0.25, -0.2) is 4.39 Å². The molecule has 0 radical (unpaired) electrons. The zero-order valence-corrected chi connectivity index (χ0v) is 20.1. The molecule has 1 heterocycles. The number of methoxy groups -OCH3 is 1. The van der Waals surface area contributed by atoms with Crippen LogP contribution in [-0.4, -0.2) is 18.3 Å². The van der Waals surface area contributed by atoms with Crippen LogP contribution in [0.1, 0.15) is 62.8 Å². The Bertz CT molecular complexity index is 1180. The van der Waals surface area contributed by atoms with Crippen molar-refractivity contribution < 1.29 is 18.7 Å². The number of hydrogen-bond acceptors (Lipinski definition) is 4. The van der Waals surface area contributed by atoms with Crippen molar-refractivity contribution in [2.24, 2.45) is 0 Å². The molecule has 2 aliphatic rings. The fourth-order valence-corrected chi connectivity index (χ4v) is 5.33. The zero-order chi connectivity index (χ0) is 23.4. The molecule has 168 valence electrons. The van der Waals surface area contributed by atoms with Crippen LogP contribution >= 0.6 is 11.8 Å². The molecule has 0 atom stereocenters. The molecule has 2 aromatic rings. The first kappa shape index (κ1) is 22.6. The highest BCUT2D eigenvalue weighted by Crippen LogP contribution is 2.49. The third-order valence-corrected chi connectivity index (χ3v) is 7.56. The number of benzene rings is 2. The van der Waals surface area contributed by atoms with Crippen molar-refractivity contribution in [2.45, 2.75) is 58.3 Å². The van der Waals surface area contributed by atoms with E-state index < -0.39 is 17.0 Å². The fraction of sp³-hybridized carbons (Fsp3) is 0.385. The summed E-state index contributed by atoms with van der Waals surface area (Å²) in [4.78, 5) is 23.6. The van der Waals surface area contributed by atoms with Crippen LogP contribution in [0, 0.1) is 12.7 Å². The molecule has 32 heavy (non-hydrogen) atoms. The third-order valence-electron chi connectivity index (χ3n) is 6.75. The standard InChI is InChI=1S/C26H28FNO3S/c1-14-11-17-18(26(4,5)10-9-25(17,2)3)13-16(14)21-19(31-6)8-7-15(22(21)27)12-20-23(29)28-24(30)32-20/h7-8,11-13H,9-10H2,1-6H3,(H,28,29,30)/b20-12+. The summed E-state index contributed by atoms with van der Waals surface area (Å²) in [5.41, 5.74) is 4.95. The van der Waals surface area contributed by atoms with Crippen molar-refractivity contribution in [3.05, 3.63) is 57.2 Å². The molecule has 1 saturated heterocycles. The van der Waals surface area contributed by atoms with Crippen molar-refractivity contribution in [3.63, 3.8) is 0 Å². The van der Waals surface area contributed by atoms with Crippen LogP contribution in [0.4, 0.5) is 9.18 Å². The van der Waals surface area contributed by atoms with Crippen LogP contribution in [0.15, 0.2) is 29.2 Å². The SMILES string of the molecule is COc1ccc(/C=C2/SC(=O)NC2=O)c(F)c1-c1cc2c(cc1C)C(C)(C)CCC2(C)C. The van der Waals surface area contributed by atoms with Crippen molar-refractivity contribution in [1.29, 1.82) is 0 Å². The Morgan fingerprint density at radius 1 is 1.06 bits per heavy atom. The second kappa shape index (κ2) is 7.77. The summed E-state index contributed by atoms with van der Waals surface area (Å²) in [6.07, 6.45) is 3.58. The van der Waals surface area contributed by atoms with Gasteiger partial charge in [-0.3, -0.25) is 14.9 Å². The van der Waals surface area contributed by atoms with Gasteiger partial charge in [0, 0.05) is 5.56 Å². The van der Waals surface area contributed by atoms with E-state index in [-0.39, 0.29) is 21.3 Å². The topological polar surface area (TPSA) is 55.4 Å². The van der Waals surface area contributed by atoms with E-state index >= 15 is 4.39 Å². The monoisotopic (exact) mass is 453 g/mol. The number of ether oxygens (including phenoxy) is 1. The predicted molar refractivity (Wildman–Crippen MR) is 128 cm³/mol. The molecule has 0 saturated carbocycles. The van der Waals surface area contributed by atoms with Crippen LogP contribution in [0.5, 0.6) is 5.75 Å². The van der Waals surface area contributed by atoms with E-state index in [2.05, 4.69) is 45.1 Å². The molecule has 1 aliphatic carbocycles. The summed E-state index contributed by atoms with van der Waals surface area (Å²) in [6.45, 7) is 11.0. The van der Waals surface area contributed by atoms with Gasteiger partial charge >= 0.3 is 0 Å². The van der Waals surface area contributed by atoms with Gasteiger partial charge in [-0.15, -0.1) is 0 Å². The fourth-order valence-electron chi connectivity index (χ4n) is 4.66. The van der Waals surface area contributed by atoms with E-state index in [4.69, 9.17) is 4.74 Å². The maximum Gasteiger partial charge on any atom is 0.290 e. The Morgan fingerprint density at radius 3 is 2.25 bits per heavy atom. The molecule has 2 amide bonds. The average molecular weight is 454 g/mol. The van der Waals surface area contributed by atoms with Gasteiger partial charge in [0.25, 0.3) is 11.1 Å². The van der Waals surface area contributed by atoms with E-state index in [0.717, 1.165) is 35.7 Å². The molecule has 0 bridgehead atoms. The van der Waals surface area contributed by atoms with Gasteiger partial charge in [0.05, 0.1) is 17.6 Å². The predicted octanol–water partition coefficient (Wildman–Crippen LogP) is 6.48. The second-order valence-corrected chi connectivity index (χ2v) is 10.9. The molecular formula is C26H28FNO3S. The molecular weight excluding hydrogens is 425 g/mol. The maximum absolute atomic E-state index is 15.9. The largest absolute Gasteiger partial charge is 0.496 e. The molecule has 0 unspecified atom stereocenters. The second-order valence-electron chi connectivity index (χ2n) is 9.88. The number of imide groups is 1. The number of carbonyl (C=O) groups is 2. The number of amides is 2. The van der Waals surface area contributed by atoms with E-state index in [1.165, 1.54) is 24.3 Å². The normalized spacial score (nSPS) is 20.3. The van der Waals surface area contributed by atoms with Gasteiger partial charge in [-0.05, 0) is 88.9 Å². The Kier molecular flexibility index (Phi) is 5.48. The Labute approximate surface area is 192 Å². The molecule has 1 aliphatic heterocycles. The van der Waals surface area contributed by atoms with Crippen molar-refractivity contribution >= 4 is 29.0 Å². The average Bonchev–Trinajstić information content (AvgIpc) is 3.04. The number of thioether (sulfide) groups is 1. The van der Waals surface area contributed by atoms with E-state index in [1.54, 1.807) is 12.1 Å². The minimum atomic E-state index is -0.509. The number of carbonyl (C=O) groups excluding carboxylic acids is 2. The first-order chi connectivity index (χ1) is 14.9. The molecule has 1 N–H and O–H groups in total. The quantitative estimate of drug-likeness (QED) is 0.540. The van der Waals surface area contributed by atoms with Gasteiger partial charge in [0.1, 0.15) is 11.6 Å². The lowest BCUT2D eigenvalue weighted by Crippen LogP contribution is -2.34. The van der Waals surface area contributed by atoms with Crippen LogP contribution in [-0.2, 0) is 15.6 Å². The molecule has 2 aromatic carbocycles. The van der Waals surface area contributed by atoms with Gasteiger partial charge in [-0.1, -0.05) is 33.8 Å². The summed E-state index contributed by atoms with van der Waals surface area (Å²) in [6, 6.07) is 7.58. The summed E-state index contributed by atoms with van der Waals surface area (Å²) in [7, 11) is 1.52. The molecule has 1 fully saturated rings. The lowest BCUT2D eigenvalue weighted by molar-refractivity contribution is -0.115. The van der Waals surface area contributed by atoms with E-state index in [1.807, 2.05) is 6.92 Å². The van der Waals surface area contributed by atoms with Gasteiger partial charge in [0.15, 0.2) is 0 Å². The van der Waals surface area contributed by atoms with Gasteiger partial charge < -0.3 is 4.74 Å². The molecule has 0 spiro atoms. The minimum Gasteiger partial charge on any atom is -0.496 e. The highest BCUT2D eigenvalue weighted by molar-refractivity contribution is 8.18. The van der Waals surface area contributed by atoms with Gasteiger partial charge in [0.2, 0.25) is 0 Å². The van der Waals surface area contributed by atoms with Crippen LogP contribution in [0.3, 0.4) is 0 Å². The van der Waals surface area contributed by atoms with Crippen LogP contribution in [0.25, 0.3) is 17.2 Å². The van der Waals surface area contributed by atoms with Crippen molar-refractivity contribution in [1.82, 2.24) is 5.32 Å². The van der Waals surface area contributed by atoms with Gasteiger partial charge in [-0.2, -0.15) is 0 Å². The Morgan fingerprint density at radius 2 is 1.69 bits per heavy atom. The Hall–Kier alpha value is -2.60. The summed E-state index contributed by atoms with van der Waals surface area (Å²) < 4.78 is 21.4. The molecule has 4 nitrogen and oxygen atoms in total. The number of aryl methyl sites for hydroxylation is 1. The number of nitrogens with one attached hydrogen (secondary N) is 1. The third kappa shape index (κ3) is 3.75. The highest BCUT2D eigenvalue weighted by Gasteiger charge is 2.38. The first-order valence-electron chi connectivity index (χ1n) is 10.7. The number of fused-ring (bicyclic) bond motifs is 1. The van der Waals surface area contributed by atoms with Crippen LogP contribution in [0.2, 0.25) is 0 Å². The molecule has 4 rings (SSSR count). The van der Waals surface area contributed by atoms with E-state index in [9.17, 15) is 9.59 Å². The summed E-state index contributed by atoms with van der Waals surface area (Å²) >= 11 is 0.774. The number of halogens is 1. The maximum atomic E-state index is 15.9. The summed E-state index contributed by atoms with van der Waals surface area (Å²) in [5, 5.41) is 1.75. The lowest BCUT2D eigenvalue weighted by atomic mass is 9.62. The van der Waals surface area contributed by atoms with E-state index in [0.29, 0.717) is 11.3 Å². The highest BCUT2D eigenvalue weighted by atomic mass is 32.2. The number of rotatable bonds is 3. The lowest BCUT2D eigenvalue weighted by Gasteiger charge is -2.42. The summed E-state index contributed by atoms with van der Waals surface area (Å²) in [5.74, 6) is -0.550. The first-order valence-corrected chi connectivity index (χ1v) is 11.5. The van der Waals surface area contributed by atoms with Crippen molar-refractivity contribution in [2.75, 3.05) is 7.11 Å². The zero-order valence-electron chi connectivity index (χ0n) is 19.3.